The predicted molar refractivity (Wildman–Crippen MR) is 78.8 cm³/mol. The third-order valence-electron chi connectivity index (χ3n) is 2.93. The average molecular weight is 301 g/mol. The van der Waals surface area contributed by atoms with Gasteiger partial charge in [-0.2, -0.15) is 0 Å². The number of carbonyl (C=O) groups is 1. The Balaban J connectivity index is 2.98. The number of ether oxygens (including phenoxy) is 1. The number of sulfonamides is 1. The summed E-state index contributed by atoms with van der Waals surface area (Å²) in [4.78, 5) is 12.2. The Hall–Kier alpha value is -1.30. The van der Waals surface area contributed by atoms with Crippen LogP contribution in [0.15, 0.2) is 24.3 Å². The van der Waals surface area contributed by atoms with Crippen molar-refractivity contribution in [2.24, 2.45) is 5.92 Å². The van der Waals surface area contributed by atoms with Crippen LogP contribution in [0.1, 0.15) is 34.1 Å². The molecule has 5 nitrogen and oxygen atoms in total. The van der Waals surface area contributed by atoms with Crippen LogP contribution in [0.4, 0.5) is 4.79 Å². The van der Waals surface area contributed by atoms with Gasteiger partial charge < -0.3 is 4.74 Å². The van der Waals surface area contributed by atoms with Crippen molar-refractivity contribution >= 4 is 16.1 Å². The minimum Gasteiger partial charge on any atom is -0.443 e. The van der Waals surface area contributed by atoms with E-state index in [4.69, 9.17) is 4.74 Å². The second-order valence-corrected chi connectivity index (χ2v) is 7.85. The zero-order valence-electron chi connectivity index (χ0n) is 12.7. The van der Waals surface area contributed by atoms with Gasteiger partial charge in [0.2, 0.25) is 10.0 Å². The molecular formula is C14H23NO4S. The monoisotopic (exact) mass is 301 g/mol. The molecule has 0 aliphatic heterocycles. The molecule has 0 aromatic carbocycles. The summed E-state index contributed by atoms with van der Waals surface area (Å²) in [6.45, 7) is 6.84. The molecule has 1 unspecified atom stereocenters. The second-order valence-electron chi connectivity index (χ2n) is 5.99. The minimum atomic E-state index is -3.68. The van der Waals surface area contributed by atoms with Crippen molar-refractivity contribution in [3.63, 3.8) is 0 Å². The number of hydrogen-bond acceptors (Lipinski definition) is 4. The van der Waals surface area contributed by atoms with E-state index < -0.39 is 27.8 Å². The van der Waals surface area contributed by atoms with Crippen LogP contribution in [0.3, 0.4) is 0 Å². The molecule has 1 rings (SSSR count). The molecule has 6 heteroatoms. The summed E-state index contributed by atoms with van der Waals surface area (Å²) in [5.74, 6) is -0.0396. The van der Waals surface area contributed by atoms with Gasteiger partial charge in [0.15, 0.2) is 0 Å². The number of nitrogens with zero attached hydrogens (tertiary/aromatic N) is 1. The fraction of sp³-hybridized carbons (Fsp3) is 0.643. The van der Waals surface area contributed by atoms with E-state index in [0.717, 1.165) is 10.6 Å². The van der Waals surface area contributed by atoms with Gasteiger partial charge in [-0.15, -0.1) is 0 Å². The van der Waals surface area contributed by atoms with Gasteiger partial charge in [0.25, 0.3) is 0 Å². The zero-order valence-corrected chi connectivity index (χ0v) is 13.5. The highest BCUT2D eigenvalue weighted by Gasteiger charge is 2.35. The molecule has 0 heterocycles. The first-order valence-electron chi connectivity index (χ1n) is 6.58. The van der Waals surface area contributed by atoms with Crippen molar-refractivity contribution in [2.45, 2.75) is 45.8 Å². The number of hydrogen-bond donors (Lipinski definition) is 0. The summed E-state index contributed by atoms with van der Waals surface area (Å²) in [6, 6.07) is -0.485. The molecule has 0 saturated heterocycles. The van der Waals surface area contributed by atoms with E-state index in [1.807, 2.05) is 24.3 Å². The molecule has 0 spiro atoms. The fourth-order valence-electron chi connectivity index (χ4n) is 2.04. The summed E-state index contributed by atoms with van der Waals surface area (Å²) in [7, 11) is -3.68. The normalized spacial score (nSPS) is 20.6. The maximum Gasteiger partial charge on any atom is 0.424 e. The lowest BCUT2D eigenvalue weighted by molar-refractivity contribution is 0.0326. The Bertz CT molecular complexity index is 514. The van der Waals surface area contributed by atoms with E-state index in [1.165, 1.54) is 0 Å². The standard InChI is InChI=1S/C14H23NO4S/c1-11(12-9-7-6-8-10-12)15(20(5,17)18)13(16)19-14(2,3)4/h6-9,11-12H,10H2,1-5H3/t11-,12?/m0/s1. The summed E-state index contributed by atoms with van der Waals surface area (Å²) < 4.78 is 29.9. The van der Waals surface area contributed by atoms with E-state index in [1.54, 1.807) is 27.7 Å². The first-order valence-corrected chi connectivity index (χ1v) is 8.43. The van der Waals surface area contributed by atoms with Gasteiger partial charge in [0, 0.05) is 5.92 Å². The topological polar surface area (TPSA) is 63.7 Å². The van der Waals surface area contributed by atoms with E-state index in [9.17, 15) is 13.2 Å². The third kappa shape index (κ3) is 4.67. The van der Waals surface area contributed by atoms with Crippen molar-refractivity contribution in [3.05, 3.63) is 24.3 Å². The van der Waals surface area contributed by atoms with Crippen LogP contribution in [0.2, 0.25) is 0 Å². The van der Waals surface area contributed by atoms with E-state index >= 15 is 0 Å². The maximum absolute atomic E-state index is 12.2. The largest absolute Gasteiger partial charge is 0.443 e. The van der Waals surface area contributed by atoms with E-state index in [0.29, 0.717) is 6.42 Å². The molecule has 1 aliphatic carbocycles. The number of rotatable bonds is 3. The molecule has 1 aliphatic rings. The van der Waals surface area contributed by atoms with Crippen molar-refractivity contribution in [2.75, 3.05) is 6.26 Å². The number of carbonyl (C=O) groups excluding carboxylic acids is 1. The van der Waals surface area contributed by atoms with Crippen LogP contribution in [0, 0.1) is 5.92 Å². The zero-order chi connectivity index (χ0) is 15.6. The van der Waals surface area contributed by atoms with Crippen molar-refractivity contribution in [1.29, 1.82) is 0 Å². The second kappa shape index (κ2) is 5.99. The number of amides is 1. The maximum atomic E-state index is 12.2. The molecule has 0 N–H and O–H groups in total. The lowest BCUT2D eigenvalue weighted by atomic mass is 9.94. The van der Waals surface area contributed by atoms with Crippen LogP contribution in [0.25, 0.3) is 0 Å². The molecule has 0 radical (unpaired) electrons. The highest BCUT2D eigenvalue weighted by molar-refractivity contribution is 7.88. The lowest BCUT2D eigenvalue weighted by Crippen LogP contribution is -2.48. The predicted octanol–water partition coefficient (Wildman–Crippen LogP) is 2.70. The van der Waals surface area contributed by atoms with Gasteiger partial charge in [-0.3, -0.25) is 0 Å². The molecule has 0 aromatic heterocycles. The van der Waals surface area contributed by atoms with Crippen LogP contribution in [0.5, 0.6) is 0 Å². The van der Waals surface area contributed by atoms with Gasteiger partial charge in [-0.05, 0) is 34.1 Å². The van der Waals surface area contributed by atoms with Crippen LogP contribution in [-0.2, 0) is 14.8 Å². The smallest absolute Gasteiger partial charge is 0.424 e. The summed E-state index contributed by atoms with van der Waals surface area (Å²) in [5, 5.41) is 0. The molecule has 1 amide bonds. The van der Waals surface area contributed by atoms with Crippen LogP contribution >= 0.6 is 0 Å². The van der Waals surface area contributed by atoms with Crippen molar-refractivity contribution in [3.8, 4) is 0 Å². The van der Waals surface area contributed by atoms with Crippen molar-refractivity contribution in [1.82, 2.24) is 4.31 Å². The van der Waals surface area contributed by atoms with Crippen LogP contribution in [-0.4, -0.2) is 36.7 Å². The van der Waals surface area contributed by atoms with Gasteiger partial charge in [0.05, 0.1) is 12.3 Å². The van der Waals surface area contributed by atoms with Gasteiger partial charge in [0.1, 0.15) is 5.60 Å². The Morgan fingerprint density at radius 1 is 1.35 bits per heavy atom. The first kappa shape index (κ1) is 16.8. The van der Waals surface area contributed by atoms with Gasteiger partial charge in [-0.1, -0.05) is 24.3 Å². The molecule has 0 saturated carbocycles. The number of allylic oxidation sites excluding steroid dienone is 3. The highest BCUT2D eigenvalue weighted by atomic mass is 32.2. The Morgan fingerprint density at radius 3 is 2.35 bits per heavy atom. The average Bonchev–Trinajstić information content (AvgIpc) is 2.25. The molecular weight excluding hydrogens is 278 g/mol. The molecule has 0 fully saturated rings. The summed E-state index contributed by atoms with van der Waals surface area (Å²) in [6.07, 6.45) is 8.53. The Morgan fingerprint density at radius 2 is 1.95 bits per heavy atom. The van der Waals surface area contributed by atoms with Gasteiger partial charge in [-0.25, -0.2) is 17.5 Å². The fourth-order valence-corrected chi connectivity index (χ4v) is 3.11. The van der Waals surface area contributed by atoms with E-state index in [-0.39, 0.29) is 5.92 Å². The summed E-state index contributed by atoms with van der Waals surface area (Å²) >= 11 is 0. The third-order valence-corrected chi connectivity index (χ3v) is 4.13. The van der Waals surface area contributed by atoms with Crippen LogP contribution < -0.4 is 0 Å². The van der Waals surface area contributed by atoms with Crippen molar-refractivity contribution < 1.29 is 17.9 Å². The Labute approximate surface area is 121 Å². The molecule has 2 atom stereocenters. The molecule has 114 valence electrons. The lowest BCUT2D eigenvalue weighted by Gasteiger charge is -2.33. The Kier molecular flexibility index (Phi) is 5.02. The highest BCUT2D eigenvalue weighted by Crippen LogP contribution is 2.24. The minimum absolute atomic E-state index is 0.0396. The molecule has 0 bridgehead atoms. The first-order chi connectivity index (χ1) is 9.02. The van der Waals surface area contributed by atoms with E-state index in [2.05, 4.69) is 0 Å². The van der Waals surface area contributed by atoms with Gasteiger partial charge >= 0.3 is 6.09 Å². The SMILES string of the molecule is C[C@@H](C1C=CC=CC1)N(C(=O)OC(C)(C)C)S(C)(=O)=O. The molecule has 0 aromatic rings. The summed E-state index contributed by atoms with van der Waals surface area (Å²) in [5.41, 5.74) is -0.734. The quantitative estimate of drug-likeness (QED) is 0.804. The molecule has 20 heavy (non-hydrogen) atoms.